The molecule has 1 saturated heterocycles. The maximum Gasteiger partial charge on any atom is 0.211 e. The van der Waals surface area contributed by atoms with E-state index in [-0.39, 0.29) is 0 Å². The highest BCUT2D eigenvalue weighted by molar-refractivity contribution is 7.88. The molecule has 1 N–H and O–H groups in total. The predicted octanol–water partition coefficient (Wildman–Crippen LogP) is 2.05. The number of nitrogens with zero attached hydrogens (tertiary/aromatic N) is 1. The number of nitrogens with one attached hydrogen (secondary N) is 1. The maximum absolute atomic E-state index is 11.6. The van der Waals surface area contributed by atoms with Crippen LogP contribution in [0.2, 0.25) is 0 Å². The van der Waals surface area contributed by atoms with E-state index in [9.17, 15) is 8.42 Å². The van der Waals surface area contributed by atoms with E-state index in [1.54, 1.807) is 4.31 Å². The molecular formula is C14H27ClN2O2S. The molecule has 3 unspecified atom stereocenters. The Kier molecular flexibility index (Phi) is 6.14. The van der Waals surface area contributed by atoms with Gasteiger partial charge in [-0.1, -0.05) is 12.8 Å². The number of alkyl halides is 1. The molecule has 1 saturated carbocycles. The summed E-state index contributed by atoms with van der Waals surface area (Å²) in [7, 11) is -3.03. The van der Waals surface area contributed by atoms with E-state index < -0.39 is 10.0 Å². The average molecular weight is 323 g/mol. The van der Waals surface area contributed by atoms with Crippen LogP contribution in [0.5, 0.6) is 0 Å². The summed E-state index contributed by atoms with van der Waals surface area (Å²) >= 11 is 6.36. The van der Waals surface area contributed by atoms with Gasteiger partial charge in [-0.3, -0.25) is 0 Å². The van der Waals surface area contributed by atoms with E-state index in [2.05, 4.69) is 5.32 Å². The highest BCUT2D eigenvalue weighted by Crippen LogP contribution is 2.28. The Labute approximate surface area is 128 Å². The summed E-state index contributed by atoms with van der Waals surface area (Å²) in [6.07, 6.45) is 8.32. The summed E-state index contributed by atoms with van der Waals surface area (Å²) in [5.41, 5.74) is 0. The van der Waals surface area contributed by atoms with Gasteiger partial charge in [0.25, 0.3) is 0 Å². The van der Waals surface area contributed by atoms with E-state index in [1.807, 2.05) is 0 Å². The second-order valence-electron chi connectivity index (χ2n) is 6.35. The van der Waals surface area contributed by atoms with Gasteiger partial charge in [-0.2, -0.15) is 0 Å². The molecule has 1 heterocycles. The van der Waals surface area contributed by atoms with Crippen LogP contribution < -0.4 is 5.32 Å². The van der Waals surface area contributed by atoms with Crippen molar-refractivity contribution in [1.29, 1.82) is 0 Å². The lowest BCUT2D eigenvalue weighted by molar-refractivity contribution is 0.253. The van der Waals surface area contributed by atoms with Crippen molar-refractivity contribution < 1.29 is 8.42 Å². The molecule has 2 aliphatic rings. The van der Waals surface area contributed by atoms with Crippen molar-refractivity contribution in [2.45, 2.75) is 43.9 Å². The molecule has 0 aromatic heterocycles. The number of hydrogen-bond acceptors (Lipinski definition) is 3. The third-order valence-corrected chi connectivity index (χ3v) is 6.45. The standard InChI is InChI=1S/C14H27ClN2O2S/c1-20(18,19)17-8-4-5-12(11-17)9-16-10-13-6-2-3-7-14(13)15/h12-14,16H,2-11H2,1H3. The third kappa shape index (κ3) is 4.86. The predicted molar refractivity (Wildman–Crippen MR) is 83.6 cm³/mol. The van der Waals surface area contributed by atoms with Crippen molar-refractivity contribution in [1.82, 2.24) is 9.62 Å². The van der Waals surface area contributed by atoms with Gasteiger partial charge < -0.3 is 5.32 Å². The summed E-state index contributed by atoms with van der Waals surface area (Å²) < 4.78 is 24.8. The zero-order chi connectivity index (χ0) is 14.6. The Morgan fingerprint density at radius 1 is 1.15 bits per heavy atom. The van der Waals surface area contributed by atoms with Gasteiger partial charge in [0.05, 0.1) is 6.26 Å². The summed E-state index contributed by atoms with van der Waals surface area (Å²) in [5, 5.41) is 3.84. The molecule has 0 aromatic rings. The van der Waals surface area contributed by atoms with Crippen LogP contribution in [-0.2, 0) is 10.0 Å². The first-order chi connectivity index (χ1) is 9.47. The lowest BCUT2D eigenvalue weighted by Gasteiger charge is -2.32. The van der Waals surface area contributed by atoms with Crippen LogP contribution in [0.15, 0.2) is 0 Å². The first-order valence-corrected chi connectivity index (χ1v) is 10.0. The molecule has 0 bridgehead atoms. The van der Waals surface area contributed by atoms with Crippen LogP contribution in [0.1, 0.15) is 38.5 Å². The van der Waals surface area contributed by atoms with Crippen LogP contribution >= 0.6 is 11.6 Å². The van der Waals surface area contributed by atoms with E-state index in [1.165, 1.54) is 25.5 Å². The highest BCUT2D eigenvalue weighted by Gasteiger charge is 2.26. The normalized spacial score (nSPS) is 33.2. The number of hydrogen-bond donors (Lipinski definition) is 1. The fraction of sp³-hybridized carbons (Fsp3) is 1.00. The zero-order valence-corrected chi connectivity index (χ0v) is 13.9. The molecule has 6 heteroatoms. The molecule has 3 atom stereocenters. The van der Waals surface area contributed by atoms with E-state index in [0.29, 0.717) is 30.3 Å². The average Bonchev–Trinajstić information content (AvgIpc) is 2.40. The molecule has 0 amide bonds. The first kappa shape index (κ1) is 16.5. The molecule has 0 spiro atoms. The first-order valence-electron chi connectivity index (χ1n) is 7.76. The monoisotopic (exact) mass is 322 g/mol. The Bertz CT molecular complexity index is 402. The van der Waals surface area contributed by atoms with Crippen molar-refractivity contribution in [3.05, 3.63) is 0 Å². The van der Waals surface area contributed by atoms with Gasteiger partial charge in [0.1, 0.15) is 0 Å². The fourth-order valence-corrected chi connectivity index (χ4v) is 4.67. The minimum atomic E-state index is -3.03. The quantitative estimate of drug-likeness (QED) is 0.788. The number of piperidine rings is 1. The lowest BCUT2D eigenvalue weighted by atomic mass is 9.88. The summed E-state index contributed by atoms with van der Waals surface area (Å²) in [5.74, 6) is 1.02. The topological polar surface area (TPSA) is 49.4 Å². The Hall–Kier alpha value is 0.160. The smallest absolute Gasteiger partial charge is 0.211 e. The van der Waals surface area contributed by atoms with Gasteiger partial charge in [-0.15, -0.1) is 11.6 Å². The molecule has 1 aliphatic carbocycles. The lowest BCUT2D eigenvalue weighted by Crippen LogP contribution is -2.43. The fourth-order valence-electron chi connectivity index (χ4n) is 3.36. The van der Waals surface area contributed by atoms with Crippen molar-refractivity contribution in [2.75, 3.05) is 32.4 Å². The zero-order valence-electron chi connectivity index (χ0n) is 12.4. The summed E-state index contributed by atoms with van der Waals surface area (Å²) in [4.78, 5) is 0. The van der Waals surface area contributed by atoms with Crippen LogP contribution in [0.3, 0.4) is 0 Å². The van der Waals surface area contributed by atoms with Gasteiger partial charge in [-0.25, -0.2) is 12.7 Å². The van der Waals surface area contributed by atoms with Crippen molar-refractivity contribution in [3.8, 4) is 0 Å². The molecule has 2 fully saturated rings. The third-order valence-electron chi connectivity index (χ3n) is 4.61. The highest BCUT2D eigenvalue weighted by atomic mass is 35.5. The second kappa shape index (κ2) is 7.43. The number of rotatable bonds is 5. The molecule has 0 aromatic carbocycles. The van der Waals surface area contributed by atoms with Gasteiger partial charge in [0.15, 0.2) is 0 Å². The Balaban J connectivity index is 1.71. The number of halogens is 1. The molecule has 1 aliphatic heterocycles. The van der Waals surface area contributed by atoms with Crippen LogP contribution in [0.25, 0.3) is 0 Å². The second-order valence-corrected chi connectivity index (χ2v) is 8.89. The SMILES string of the molecule is CS(=O)(=O)N1CCCC(CNCC2CCCCC2Cl)C1. The Morgan fingerprint density at radius 3 is 2.60 bits per heavy atom. The van der Waals surface area contributed by atoms with Crippen LogP contribution in [0.4, 0.5) is 0 Å². The number of sulfonamides is 1. The van der Waals surface area contributed by atoms with Crippen LogP contribution in [-0.4, -0.2) is 50.5 Å². The minimum absolute atomic E-state index is 0.315. The largest absolute Gasteiger partial charge is 0.316 e. The van der Waals surface area contributed by atoms with Crippen molar-refractivity contribution in [2.24, 2.45) is 11.8 Å². The molecule has 118 valence electrons. The van der Waals surface area contributed by atoms with Crippen molar-refractivity contribution in [3.63, 3.8) is 0 Å². The molecule has 20 heavy (non-hydrogen) atoms. The van der Waals surface area contributed by atoms with Crippen LogP contribution in [0, 0.1) is 11.8 Å². The van der Waals surface area contributed by atoms with E-state index >= 15 is 0 Å². The molecule has 0 radical (unpaired) electrons. The van der Waals surface area contributed by atoms with E-state index in [0.717, 1.165) is 32.4 Å². The van der Waals surface area contributed by atoms with Gasteiger partial charge >= 0.3 is 0 Å². The van der Waals surface area contributed by atoms with E-state index in [4.69, 9.17) is 11.6 Å². The molecular weight excluding hydrogens is 296 g/mol. The Morgan fingerprint density at radius 2 is 1.90 bits per heavy atom. The molecule has 4 nitrogen and oxygen atoms in total. The maximum atomic E-state index is 11.6. The molecule has 2 rings (SSSR count). The van der Waals surface area contributed by atoms with Gasteiger partial charge in [0.2, 0.25) is 10.0 Å². The summed E-state index contributed by atoms with van der Waals surface area (Å²) in [6, 6.07) is 0. The minimum Gasteiger partial charge on any atom is -0.316 e. The van der Waals surface area contributed by atoms with Gasteiger partial charge in [0, 0.05) is 18.5 Å². The van der Waals surface area contributed by atoms with Crippen molar-refractivity contribution >= 4 is 21.6 Å². The summed E-state index contributed by atoms with van der Waals surface area (Å²) in [6.45, 7) is 3.23. The van der Waals surface area contributed by atoms with Gasteiger partial charge in [-0.05, 0) is 50.6 Å².